The van der Waals surface area contributed by atoms with Gasteiger partial charge in [-0.2, -0.15) is 31.9 Å². The molecule has 0 radical (unpaired) electrons. The lowest BCUT2D eigenvalue weighted by atomic mass is 10.0. The van der Waals surface area contributed by atoms with Crippen molar-refractivity contribution in [2.45, 2.75) is 188 Å². The lowest BCUT2D eigenvalue weighted by molar-refractivity contribution is -0.198. The van der Waals surface area contributed by atoms with Gasteiger partial charge < -0.3 is 45.6 Å². The van der Waals surface area contributed by atoms with Crippen LogP contribution >= 0.6 is 23.5 Å². The SMILES string of the molecule is O=C(CCCCCCCN(CCCCCCCC(=O)CCCCC1SCC2NC(=O)NC21)Cc1ccc(C(=O)NCCOCCOCCOCCC(=O)ON2C(=O)CC(S(=O)(=O)O)C2=O)cc1)CCCCC1SCC2NC(=O)NC21. The predicted molar refractivity (Wildman–Crippen MR) is 302 cm³/mol. The molecule has 0 saturated carbocycles. The number of imide groups is 1. The Bertz CT molecular complexity index is 2230. The van der Waals surface area contributed by atoms with Crippen LogP contribution in [0.1, 0.15) is 157 Å². The first kappa shape index (κ1) is 64.8. The molecule has 1 aromatic carbocycles. The normalized spacial score (nSPS) is 22.3. The Morgan fingerprint density at radius 1 is 0.613 bits per heavy atom. The maximum atomic E-state index is 12.9. The molecule has 6 N–H and O–H groups in total. The number of rotatable bonds is 43. The van der Waals surface area contributed by atoms with Gasteiger partial charge in [0.1, 0.15) is 11.6 Å². The third-order valence-electron chi connectivity index (χ3n) is 15.1. The average molecular weight is 1180 g/mol. The van der Waals surface area contributed by atoms with Crippen molar-refractivity contribution < 1.29 is 70.4 Å². The van der Waals surface area contributed by atoms with E-state index in [1.807, 2.05) is 47.8 Å². The quantitative estimate of drug-likeness (QED) is 0.0206. The smallest absolute Gasteiger partial charge is 0.335 e. The number of unbranched alkanes of at least 4 members (excludes halogenated alkanes) is 10. The van der Waals surface area contributed by atoms with E-state index in [4.69, 9.17) is 18.8 Å². The van der Waals surface area contributed by atoms with Crippen molar-refractivity contribution in [1.82, 2.24) is 36.5 Å². The van der Waals surface area contributed by atoms with Crippen LogP contribution in [-0.4, -0.2) is 181 Å². The highest BCUT2D eigenvalue weighted by atomic mass is 32.2. The number of Topliss-reactive ketones (excluding diaryl/α,β-unsaturated/α-hetero) is 2. The Morgan fingerprint density at radius 3 is 1.60 bits per heavy atom. The molecule has 0 spiro atoms. The molecule has 1 aromatic rings. The second-order valence-corrected chi connectivity index (χ2v) is 25.5. The van der Waals surface area contributed by atoms with E-state index in [9.17, 15) is 46.8 Å². The molecule has 5 aliphatic rings. The van der Waals surface area contributed by atoms with Crippen molar-refractivity contribution in [3.63, 3.8) is 0 Å². The summed E-state index contributed by atoms with van der Waals surface area (Å²) in [5.41, 5.74) is 1.68. The molecule has 0 aromatic heterocycles. The van der Waals surface area contributed by atoms with Gasteiger partial charge >= 0.3 is 18.0 Å². The molecular formula is C55H85N7O15S3. The number of fused-ring (bicyclic) bond motifs is 2. The Hall–Kier alpha value is -4.37. The maximum Gasteiger partial charge on any atom is 0.335 e. The molecule has 448 valence electrons. The molecule has 0 aliphatic carbocycles. The van der Waals surface area contributed by atoms with Gasteiger partial charge in [0, 0.05) is 66.3 Å². The van der Waals surface area contributed by atoms with Crippen molar-refractivity contribution in [2.24, 2.45) is 0 Å². The lowest BCUT2D eigenvalue weighted by Gasteiger charge is -2.23. The summed E-state index contributed by atoms with van der Waals surface area (Å²) in [6.45, 7) is 4.00. The zero-order chi connectivity index (χ0) is 57.1. The molecule has 25 heteroatoms. The van der Waals surface area contributed by atoms with Crippen molar-refractivity contribution >= 4 is 81.0 Å². The molecule has 7 unspecified atom stereocenters. The van der Waals surface area contributed by atoms with Crippen molar-refractivity contribution in [3.05, 3.63) is 35.4 Å². The van der Waals surface area contributed by atoms with E-state index >= 15 is 0 Å². The fraction of sp³-hybridized carbons (Fsp3) is 0.745. The number of hydrogen-bond acceptors (Lipinski definition) is 17. The second-order valence-electron chi connectivity index (χ2n) is 21.4. The van der Waals surface area contributed by atoms with Gasteiger partial charge in [-0.25, -0.2) is 14.4 Å². The number of hydrogen-bond donors (Lipinski definition) is 6. The highest BCUT2D eigenvalue weighted by Crippen LogP contribution is 2.34. The molecule has 5 fully saturated rings. The molecule has 7 atom stereocenters. The number of amides is 7. The number of nitrogens with one attached hydrogen (secondary N) is 5. The Balaban J connectivity index is 0.794. The van der Waals surface area contributed by atoms with Crippen LogP contribution < -0.4 is 26.6 Å². The minimum absolute atomic E-state index is 0.0419. The largest absolute Gasteiger partial charge is 0.378 e. The number of nitrogens with zero attached hydrogens (tertiary/aromatic N) is 2. The third kappa shape index (κ3) is 22.8. The molecule has 5 aliphatic heterocycles. The number of ether oxygens (including phenoxy) is 3. The van der Waals surface area contributed by atoms with Gasteiger partial charge in [-0.1, -0.05) is 63.5 Å². The van der Waals surface area contributed by atoms with E-state index < -0.39 is 39.6 Å². The van der Waals surface area contributed by atoms with E-state index in [1.54, 1.807) is 0 Å². The lowest BCUT2D eigenvalue weighted by Crippen LogP contribution is -2.36. The summed E-state index contributed by atoms with van der Waals surface area (Å²) in [6.07, 6.45) is 17.8. The molecular weight excluding hydrogens is 1090 g/mol. The van der Waals surface area contributed by atoms with Crippen molar-refractivity contribution in [3.8, 4) is 0 Å². The van der Waals surface area contributed by atoms with Gasteiger partial charge in [0.15, 0.2) is 5.25 Å². The summed E-state index contributed by atoms with van der Waals surface area (Å²) in [4.78, 5) is 104. The predicted octanol–water partition coefficient (Wildman–Crippen LogP) is 5.40. The number of urea groups is 2. The van der Waals surface area contributed by atoms with Crippen LogP contribution in [0.25, 0.3) is 0 Å². The summed E-state index contributed by atoms with van der Waals surface area (Å²) < 4.78 is 47.8. The van der Waals surface area contributed by atoms with Crippen LogP contribution in [0.3, 0.4) is 0 Å². The number of thioether (sulfide) groups is 2. The van der Waals surface area contributed by atoms with Crippen LogP contribution in [-0.2, 0) is 59.7 Å². The summed E-state index contributed by atoms with van der Waals surface area (Å²) in [5.74, 6) is -0.983. The van der Waals surface area contributed by atoms with Crippen LogP contribution in [0.2, 0.25) is 0 Å². The monoisotopic (exact) mass is 1180 g/mol. The van der Waals surface area contributed by atoms with E-state index in [0.29, 0.717) is 59.9 Å². The standard InChI is InChI=1S/C55H85N7O15S3/c63-41(17-9-11-19-45-50-43(37-78-45)57-54(69)59-50)15-7-3-1-5-13-27-61(28-14-6-2-4-8-16-42(64)18-10-12-20-46-51-44(38-79-46)58-55(70)60-51)36-39-21-23-40(24-22-39)52(67)56-26-30-75-32-34-76-33-31-74-29-25-49(66)77-62-48(65)35-47(53(62)68)80(71,72)73/h21-24,43-47,50-51H,1-20,25-38H2,(H,56,67)(H2,57,59,69)(H2,58,60,70)(H,71,72,73). The minimum atomic E-state index is -4.82. The number of hydroxylamine groups is 2. The Morgan fingerprint density at radius 2 is 1.09 bits per heavy atom. The fourth-order valence-electron chi connectivity index (χ4n) is 10.6. The first-order chi connectivity index (χ1) is 38.6. The van der Waals surface area contributed by atoms with Crippen LogP contribution in [0.4, 0.5) is 9.59 Å². The first-order valence-corrected chi connectivity index (χ1v) is 32.5. The second kappa shape index (κ2) is 34.9. The van der Waals surface area contributed by atoms with Crippen molar-refractivity contribution in [1.29, 1.82) is 0 Å². The Kier molecular flexibility index (Phi) is 28.3. The summed E-state index contributed by atoms with van der Waals surface area (Å²) >= 11 is 3.84. The summed E-state index contributed by atoms with van der Waals surface area (Å²) in [7, 11) is -4.82. The van der Waals surface area contributed by atoms with E-state index in [0.717, 1.165) is 139 Å². The number of ketones is 2. The first-order valence-electron chi connectivity index (χ1n) is 28.9. The molecule has 7 amide bonds. The molecule has 5 saturated heterocycles. The number of benzene rings is 1. The Labute approximate surface area is 479 Å². The molecule has 5 heterocycles. The van der Waals surface area contributed by atoms with E-state index in [-0.39, 0.29) is 93.3 Å². The average Bonchev–Trinajstić information content (AvgIpc) is 4.25. The van der Waals surface area contributed by atoms with Gasteiger partial charge in [-0.05, 0) is 82.2 Å². The molecule has 6 rings (SSSR count). The van der Waals surface area contributed by atoms with E-state index in [2.05, 4.69) is 36.3 Å². The highest BCUT2D eigenvalue weighted by Gasteiger charge is 2.48. The maximum absolute atomic E-state index is 12.9. The third-order valence-corrected chi connectivity index (χ3v) is 19.2. The zero-order valence-electron chi connectivity index (χ0n) is 46.2. The van der Waals surface area contributed by atoms with Gasteiger partial charge in [-0.3, -0.25) is 33.4 Å². The van der Waals surface area contributed by atoms with Gasteiger partial charge in [0.05, 0.1) is 76.7 Å². The zero-order valence-corrected chi connectivity index (χ0v) is 48.6. The van der Waals surface area contributed by atoms with Crippen LogP contribution in [0.15, 0.2) is 24.3 Å². The summed E-state index contributed by atoms with van der Waals surface area (Å²) in [6, 6.07) is 8.47. The highest BCUT2D eigenvalue weighted by molar-refractivity contribution is 8.00. The van der Waals surface area contributed by atoms with E-state index in [1.165, 1.54) is 0 Å². The minimum Gasteiger partial charge on any atom is -0.378 e. The fourth-order valence-corrected chi connectivity index (χ4v) is 14.4. The van der Waals surface area contributed by atoms with Crippen LogP contribution in [0, 0.1) is 0 Å². The molecule has 0 bridgehead atoms. The molecule has 80 heavy (non-hydrogen) atoms. The van der Waals surface area contributed by atoms with Gasteiger partial charge in [-0.15, -0.1) is 5.06 Å². The van der Waals surface area contributed by atoms with Crippen LogP contribution in [0.5, 0.6) is 0 Å². The van der Waals surface area contributed by atoms with Gasteiger partial charge in [0.2, 0.25) is 0 Å². The summed E-state index contributed by atoms with van der Waals surface area (Å²) in [5, 5.41) is 13.8. The molecule has 22 nitrogen and oxygen atoms in total. The topological polar surface area (TPSA) is 294 Å². The number of carbonyl (C=O) groups excluding carboxylic acids is 8. The van der Waals surface area contributed by atoms with Crippen molar-refractivity contribution in [2.75, 3.05) is 70.8 Å². The van der Waals surface area contributed by atoms with Gasteiger partial charge in [0.25, 0.3) is 27.8 Å². The number of carbonyl (C=O) groups is 8.